The molecule has 0 rings (SSSR count). The second-order valence-corrected chi connectivity index (χ2v) is 1.06. The van der Waals surface area contributed by atoms with E-state index in [4.69, 9.17) is 5.11 Å². The third kappa shape index (κ3) is 17.7. The smallest absolute Gasteiger partial charge is 1.00 e. The first-order chi connectivity index (χ1) is 3.27. The molecule has 0 saturated carbocycles. The summed E-state index contributed by atoms with van der Waals surface area (Å²) in [5.41, 5.74) is 0. The van der Waals surface area contributed by atoms with Crippen LogP contribution in [0.25, 0.3) is 0 Å². The molecular formula is C4H10Na2O3. The van der Waals surface area contributed by atoms with Gasteiger partial charge < -0.3 is 12.7 Å². The third-order valence-corrected chi connectivity index (χ3v) is 0.397. The van der Waals surface area contributed by atoms with Crippen molar-refractivity contribution >= 4 is 5.97 Å². The normalized spacial score (nSPS) is 6.44. The van der Waals surface area contributed by atoms with E-state index in [1.165, 1.54) is 6.92 Å². The predicted molar refractivity (Wildman–Crippen MR) is 25.9 cm³/mol. The molecule has 0 aliphatic heterocycles. The molecule has 46 valence electrons. The van der Waals surface area contributed by atoms with Gasteiger partial charge in [-0.05, 0) is 0 Å². The largest absolute Gasteiger partial charge is 1.00 e. The monoisotopic (exact) mass is 152 g/mol. The van der Waals surface area contributed by atoms with Gasteiger partial charge in [0.1, 0.15) is 6.61 Å². The molecule has 0 heterocycles. The van der Waals surface area contributed by atoms with Crippen LogP contribution >= 0.6 is 0 Å². The molecule has 0 aliphatic rings. The topological polar surface area (TPSA) is 46.5 Å². The molecular weight excluding hydrogens is 142 g/mol. The van der Waals surface area contributed by atoms with Gasteiger partial charge in [0.05, 0.1) is 6.61 Å². The summed E-state index contributed by atoms with van der Waals surface area (Å²) in [6.07, 6.45) is 0. The van der Waals surface area contributed by atoms with Gasteiger partial charge >= 0.3 is 65.1 Å². The minimum Gasteiger partial charge on any atom is -1.00 e. The van der Waals surface area contributed by atoms with Gasteiger partial charge in [0, 0.05) is 6.92 Å². The molecule has 0 aromatic heterocycles. The molecule has 0 fully saturated rings. The van der Waals surface area contributed by atoms with Gasteiger partial charge in [0.25, 0.3) is 0 Å². The summed E-state index contributed by atoms with van der Waals surface area (Å²) in [7, 11) is 0. The van der Waals surface area contributed by atoms with Gasteiger partial charge in [-0.15, -0.1) is 0 Å². The summed E-state index contributed by atoms with van der Waals surface area (Å²) in [5, 5.41) is 8.04. The predicted octanol–water partition coefficient (Wildman–Crippen LogP) is -6.23. The molecule has 0 bridgehead atoms. The number of carbonyl (C=O) groups excluding carboxylic acids is 1. The van der Waals surface area contributed by atoms with E-state index < -0.39 is 0 Å². The summed E-state index contributed by atoms with van der Waals surface area (Å²) >= 11 is 0. The molecule has 0 radical (unpaired) electrons. The van der Waals surface area contributed by atoms with Crippen molar-refractivity contribution < 1.29 is 76.6 Å². The molecule has 0 saturated heterocycles. The summed E-state index contributed by atoms with van der Waals surface area (Å²) in [5.74, 6) is -0.353. The molecule has 0 aromatic carbocycles. The van der Waals surface area contributed by atoms with Crippen molar-refractivity contribution in [3.05, 3.63) is 0 Å². The maximum absolute atomic E-state index is 9.87. The van der Waals surface area contributed by atoms with E-state index in [9.17, 15) is 4.79 Å². The van der Waals surface area contributed by atoms with Crippen LogP contribution in [0.3, 0.4) is 0 Å². The zero-order valence-corrected chi connectivity index (χ0v) is 10.2. The fraction of sp³-hybridized carbons (Fsp3) is 0.750. The Morgan fingerprint density at radius 3 is 2.22 bits per heavy atom. The van der Waals surface area contributed by atoms with Crippen molar-refractivity contribution in [2.75, 3.05) is 13.2 Å². The minimum atomic E-state index is -0.353. The van der Waals surface area contributed by atoms with E-state index in [1.807, 2.05) is 0 Å². The van der Waals surface area contributed by atoms with Crippen LogP contribution in [0.5, 0.6) is 0 Å². The summed E-state index contributed by atoms with van der Waals surface area (Å²) < 4.78 is 4.30. The van der Waals surface area contributed by atoms with Crippen molar-refractivity contribution in [1.29, 1.82) is 0 Å². The Bertz CT molecular complexity index is 74.4. The molecule has 5 heteroatoms. The Morgan fingerprint density at radius 1 is 1.67 bits per heavy atom. The summed E-state index contributed by atoms with van der Waals surface area (Å²) in [6.45, 7) is 1.31. The number of esters is 1. The van der Waals surface area contributed by atoms with E-state index in [0.29, 0.717) is 0 Å². The average Bonchev–Trinajstić information content (AvgIpc) is 1.61. The maximum Gasteiger partial charge on any atom is 1.00 e. The Hall–Kier alpha value is 1.43. The number of rotatable bonds is 2. The van der Waals surface area contributed by atoms with Crippen LogP contribution in [0.4, 0.5) is 0 Å². The molecule has 1 N–H and O–H groups in total. The van der Waals surface area contributed by atoms with Gasteiger partial charge in [0.2, 0.25) is 0 Å². The first kappa shape index (κ1) is 16.8. The van der Waals surface area contributed by atoms with Crippen LogP contribution in [-0.4, -0.2) is 24.3 Å². The van der Waals surface area contributed by atoms with Crippen molar-refractivity contribution in [3.8, 4) is 0 Å². The van der Waals surface area contributed by atoms with Gasteiger partial charge in [-0.2, -0.15) is 0 Å². The molecule has 9 heavy (non-hydrogen) atoms. The van der Waals surface area contributed by atoms with Crippen molar-refractivity contribution in [2.24, 2.45) is 0 Å². The summed E-state index contributed by atoms with van der Waals surface area (Å²) in [4.78, 5) is 9.87. The Labute approximate surface area is 102 Å². The van der Waals surface area contributed by atoms with E-state index in [2.05, 4.69) is 4.74 Å². The third-order valence-electron chi connectivity index (χ3n) is 0.397. The van der Waals surface area contributed by atoms with Gasteiger partial charge in [-0.1, -0.05) is 0 Å². The van der Waals surface area contributed by atoms with E-state index >= 15 is 0 Å². The zero-order chi connectivity index (χ0) is 5.70. The van der Waals surface area contributed by atoms with Crippen LogP contribution in [0, 0.1) is 0 Å². The second-order valence-electron chi connectivity index (χ2n) is 1.06. The van der Waals surface area contributed by atoms with Crippen LogP contribution in [0.15, 0.2) is 0 Å². The fourth-order valence-corrected chi connectivity index (χ4v) is 0.189. The number of hydrogen-bond acceptors (Lipinski definition) is 3. The summed E-state index contributed by atoms with van der Waals surface area (Å²) in [6, 6.07) is 0. The number of carbonyl (C=O) groups is 1. The molecule has 3 nitrogen and oxygen atoms in total. The van der Waals surface area contributed by atoms with Gasteiger partial charge in [-0.3, -0.25) is 4.79 Å². The zero-order valence-electron chi connectivity index (χ0n) is 8.18. The minimum absolute atomic E-state index is 0. The first-order valence-electron chi connectivity index (χ1n) is 2.01. The maximum atomic E-state index is 9.87. The molecule has 0 amide bonds. The Morgan fingerprint density at radius 2 is 2.11 bits per heavy atom. The van der Waals surface area contributed by atoms with Crippen molar-refractivity contribution in [1.82, 2.24) is 0 Å². The van der Waals surface area contributed by atoms with Crippen molar-refractivity contribution in [3.63, 3.8) is 0 Å². The van der Waals surface area contributed by atoms with E-state index in [1.54, 1.807) is 0 Å². The Kier molecular flexibility index (Phi) is 22.7. The average molecular weight is 152 g/mol. The van der Waals surface area contributed by atoms with Crippen molar-refractivity contribution in [2.45, 2.75) is 6.92 Å². The number of aliphatic hydroxyl groups excluding tert-OH is 1. The standard InChI is InChI=1S/C4H8O3.2Na.2H/c1-4(6)7-3-2-5;;;;/h5H,2-3H2,1H3;;;;/q;2*+1;2*-1. The van der Waals surface area contributed by atoms with Gasteiger partial charge in [0.15, 0.2) is 0 Å². The molecule has 0 unspecified atom stereocenters. The number of aliphatic hydroxyl groups is 1. The van der Waals surface area contributed by atoms with Gasteiger partial charge in [-0.25, -0.2) is 0 Å². The number of ether oxygens (including phenoxy) is 1. The van der Waals surface area contributed by atoms with Crippen LogP contribution in [0.1, 0.15) is 9.78 Å². The fourth-order valence-electron chi connectivity index (χ4n) is 0.189. The SMILES string of the molecule is CC(=O)OCCO.[H-].[H-].[Na+].[Na+]. The molecule has 0 spiro atoms. The molecule has 0 aliphatic carbocycles. The quantitative estimate of drug-likeness (QED) is 0.316. The first-order valence-corrected chi connectivity index (χ1v) is 2.01. The van der Waals surface area contributed by atoms with E-state index in [-0.39, 0.29) is 81.2 Å². The second kappa shape index (κ2) is 12.1. The number of hydrogen-bond donors (Lipinski definition) is 1. The van der Waals surface area contributed by atoms with Crippen LogP contribution in [-0.2, 0) is 9.53 Å². The molecule has 0 aromatic rings. The van der Waals surface area contributed by atoms with Crippen LogP contribution in [0.2, 0.25) is 0 Å². The van der Waals surface area contributed by atoms with E-state index in [0.717, 1.165) is 0 Å². The Balaban J connectivity index is -0.0000000300. The molecule has 0 atom stereocenters. The van der Waals surface area contributed by atoms with Crippen LogP contribution < -0.4 is 59.1 Å².